The van der Waals surface area contributed by atoms with Crippen molar-refractivity contribution in [2.24, 2.45) is 0 Å². The molecule has 4 nitrogen and oxygen atoms in total. The highest BCUT2D eigenvalue weighted by Crippen LogP contribution is 2.28. The highest BCUT2D eigenvalue weighted by atomic mass is 32.1. The van der Waals surface area contributed by atoms with Crippen LogP contribution in [0, 0.1) is 0 Å². The summed E-state index contributed by atoms with van der Waals surface area (Å²) in [5.41, 5.74) is 0.932. The third-order valence-corrected chi connectivity index (χ3v) is 3.31. The van der Waals surface area contributed by atoms with Gasteiger partial charge in [-0.1, -0.05) is 12.1 Å². The van der Waals surface area contributed by atoms with E-state index < -0.39 is 0 Å². The molecule has 2 aromatic rings. The molecule has 0 amide bonds. The van der Waals surface area contributed by atoms with Crippen LogP contribution in [0.25, 0.3) is 10.6 Å². The average molecular weight is 263 g/mol. The van der Waals surface area contributed by atoms with Crippen LogP contribution in [0.3, 0.4) is 0 Å². The number of carbonyl (C=O) groups excluding carboxylic acids is 1. The molecule has 94 valence electrons. The first-order chi connectivity index (χ1) is 8.74. The second-order valence-electron chi connectivity index (χ2n) is 3.48. The Balaban J connectivity index is 2.28. The highest BCUT2D eigenvalue weighted by molar-refractivity contribution is 7.16. The summed E-state index contributed by atoms with van der Waals surface area (Å²) in [5, 5.41) is 0.775. The standard InChI is InChI=1S/C13H13NO3S/c1-3-17-10-6-4-5-9(7-10)12-14-8-11(18-12)13(15)16-2/h4-8H,3H2,1-2H3. The second-order valence-corrected chi connectivity index (χ2v) is 4.51. The molecule has 5 heteroatoms. The van der Waals surface area contributed by atoms with E-state index in [-0.39, 0.29) is 5.97 Å². The van der Waals surface area contributed by atoms with E-state index in [1.54, 1.807) is 0 Å². The van der Waals surface area contributed by atoms with E-state index in [0.717, 1.165) is 16.3 Å². The largest absolute Gasteiger partial charge is 0.494 e. The van der Waals surface area contributed by atoms with Crippen LogP contribution in [0.5, 0.6) is 5.75 Å². The molecule has 1 heterocycles. The van der Waals surface area contributed by atoms with Crippen LogP contribution in [-0.4, -0.2) is 24.7 Å². The highest BCUT2D eigenvalue weighted by Gasteiger charge is 2.11. The number of hydrogen-bond acceptors (Lipinski definition) is 5. The molecule has 0 aliphatic carbocycles. The van der Waals surface area contributed by atoms with E-state index in [1.807, 2.05) is 31.2 Å². The zero-order chi connectivity index (χ0) is 13.0. The van der Waals surface area contributed by atoms with Gasteiger partial charge in [0, 0.05) is 5.56 Å². The first-order valence-electron chi connectivity index (χ1n) is 5.52. The molecule has 0 atom stereocenters. The van der Waals surface area contributed by atoms with Crippen LogP contribution in [-0.2, 0) is 4.74 Å². The number of carbonyl (C=O) groups is 1. The summed E-state index contributed by atoms with van der Waals surface area (Å²) >= 11 is 1.30. The number of aromatic nitrogens is 1. The number of nitrogens with zero attached hydrogens (tertiary/aromatic N) is 1. The molecule has 0 aliphatic heterocycles. The Labute approximate surface area is 109 Å². The van der Waals surface area contributed by atoms with E-state index in [4.69, 9.17) is 4.74 Å². The molecule has 0 spiro atoms. The molecule has 0 saturated carbocycles. The minimum Gasteiger partial charge on any atom is -0.494 e. The van der Waals surface area contributed by atoms with Crippen molar-refractivity contribution in [2.75, 3.05) is 13.7 Å². The Morgan fingerprint density at radius 1 is 1.44 bits per heavy atom. The Kier molecular flexibility index (Phi) is 3.94. The van der Waals surface area contributed by atoms with Crippen LogP contribution < -0.4 is 4.74 Å². The predicted octanol–water partition coefficient (Wildman–Crippen LogP) is 3.00. The molecule has 1 aromatic heterocycles. The topological polar surface area (TPSA) is 48.4 Å². The summed E-state index contributed by atoms with van der Waals surface area (Å²) in [6.45, 7) is 2.56. The fourth-order valence-corrected chi connectivity index (χ4v) is 2.32. The number of ether oxygens (including phenoxy) is 2. The molecule has 1 aromatic carbocycles. The molecule has 0 aliphatic rings. The van der Waals surface area contributed by atoms with Crippen molar-refractivity contribution in [1.82, 2.24) is 4.98 Å². The van der Waals surface area contributed by atoms with Gasteiger partial charge in [0.1, 0.15) is 15.6 Å². The van der Waals surface area contributed by atoms with Gasteiger partial charge in [0.2, 0.25) is 0 Å². The summed E-state index contributed by atoms with van der Waals surface area (Å²) < 4.78 is 10.1. The van der Waals surface area contributed by atoms with Crippen molar-refractivity contribution in [3.05, 3.63) is 35.3 Å². The molecule has 0 unspecified atom stereocenters. The third-order valence-electron chi connectivity index (χ3n) is 2.28. The maximum atomic E-state index is 11.4. The molecule has 0 radical (unpaired) electrons. The first-order valence-corrected chi connectivity index (χ1v) is 6.33. The molecule has 0 fully saturated rings. The smallest absolute Gasteiger partial charge is 0.349 e. The van der Waals surface area contributed by atoms with Gasteiger partial charge in [-0.05, 0) is 19.1 Å². The molecular weight excluding hydrogens is 250 g/mol. The van der Waals surface area contributed by atoms with Gasteiger partial charge in [-0.15, -0.1) is 11.3 Å². The van der Waals surface area contributed by atoms with Gasteiger partial charge >= 0.3 is 5.97 Å². The van der Waals surface area contributed by atoms with Crippen molar-refractivity contribution >= 4 is 17.3 Å². The van der Waals surface area contributed by atoms with Gasteiger partial charge in [-0.2, -0.15) is 0 Å². The zero-order valence-corrected chi connectivity index (χ0v) is 11.0. The fraction of sp³-hybridized carbons (Fsp3) is 0.231. The normalized spacial score (nSPS) is 10.1. The molecule has 18 heavy (non-hydrogen) atoms. The molecular formula is C13H13NO3S. The number of thiazole rings is 1. The van der Waals surface area contributed by atoms with Crippen LogP contribution in [0.15, 0.2) is 30.5 Å². The lowest BCUT2D eigenvalue weighted by Gasteiger charge is -2.03. The van der Waals surface area contributed by atoms with Gasteiger partial charge in [0.15, 0.2) is 0 Å². The Morgan fingerprint density at radius 2 is 2.28 bits per heavy atom. The van der Waals surface area contributed by atoms with Gasteiger partial charge < -0.3 is 9.47 Å². The van der Waals surface area contributed by atoms with Gasteiger partial charge in [-0.3, -0.25) is 0 Å². The van der Waals surface area contributed by atoms with Crippen LogP contribution in [0.2, 0.25) is 0 Å². The Bertz CT molecular complexity index is 551. The first kappa shape index (κ1) is 12.6. The molecule has 0 N–H and O–H groups in total. The number of rotatable bonds is 4. The Morgan fingerprint density at radius 3 is 3.00 bits per heavy atom. The van der Waals surface area contributed by atoms with E-state index in [2.05, 4.69) is 9.72 Å². The molecule has 2 rings (SSSR count). The van der Waals surface area contributed by atoms with Crippen molar-refractivity contribution in [3.8, 4) is 16.3 Å². The fourth-order valence-electron chi connectivity index (χ4n) is 1.49. The summed E-state index contributed by atoms with van der Waals surface area (Å²) in [6, 6.07) is 7.63. The van der Waals surface area contributed by atoms with Crippen molar-refractivity contribution in [3.63, 3.8) is 0 Å². The Hall–Kier alpha value is -1.88. The molecule has 0 bridgehead atoms. The van der Waals surface area contributed by atoms with Crippen LogP contribution >= 0.6 is 11.3 Å². The van der Waals surface area contributed by atoms with Crippen LogP contribution in [0.4, 0.5) is 0 Å². The van der Waals surface area contributed by atoms with Crippen molar-refractivity contribution in [2.45, 2.75) is 6.92 Å². The van der Waals surface area contributed by atoms with E-state index >= 15 is 0 Å². The van der Waals surface area contributed by atoms with E-state index in [9.17, 15) is 4.79 Å². The quantitative estimate of drug-likeness (QED) is 0.796. The van der Waals surface area contributed by atoms with E-state index in [0.29, 0.717) is 11.5 Å². The lowest BCUT2D eigenvalue weighted by atomic mass is 10.2. The zero-order valence-electron chi connectivity index (χ0n) is 10.2. The summed E-state index contributed by atoms with van der Waals surface area (Å²) in [5.74, 6) is 0.435. The number of hydrogen-bond donors (Lipinski definition) is 0. The van der Waals surface area contributed by atoms with Crippen molar-refractivity contribution < 1.29 is 14.3 Å². The predicted molar refractivity (Wildman–Crippen MR) is 70.1 cm³/mol. The van der Waals surface area contributed by atoms with E-state index in [1.165, 1.54) is 24.6 Å². The SMILES string of the molecule is CCOc1cccc(-c2ncc(C(=O)OC)s2)c1. The maximum Gasteiger partial charge on any atom is 0.349 e. The number of esters is 1. The van der Waals surface area contributed by atoms with Gasteiger partial charge in [0.25, 0.3) is 0 Å². The monoisotopic (exact) mass is 263 g/mol. The lowest BCUT2D eigenvalue weighted by molar-refractivity contribution is 0.0606. The van der Waals surface area contributed by atoms with Gasteiger partial charge in [0.05, 0.1) is 19.9 Å². The summed E-state index contributed by atoms with van der Waals surface area (Å²) in [7, 11) is 1.36. The minimum absolute atomic E-state index is 0.361. The van der Waals surface area contributed by atoms with Gasteiger partial charge in [-0.25, -0.2) is 9.78 Å². The lowest BCUT2D eigenvalue weighted by Crippen LogP contribution is -1.96. The average Bonchev–Trinajstić information content (AvgIpc) is 2.88. The third kappa shape index (κ3) is 2.68. The summed E-state index contributed by atoms with van der Waals surface area (Å²) in [4.78, 5) is 16.1. The summed E-state index contributed by atoms with van der Waals surface area (Å²) in [6.07, 6.45) is 1.53. The number of benzene rings is 1. The van der Waals surface area contributed by atoms with Crippen molar-refractivity contribution in [1.29, 1.82) is 0 Å². The molecule has 0 saturated heterocycles. The second kappa shape index (κ2) is 5.64. The maximum absolute atomic E-state index is 11.4. The minimum atomic E-state index is -0.361. The number of methoxy groups -OCH3 is 1. The van der Waals surface area contributed by atoms with Crippen LogP contribution in [0.1, 0.15) is 16.6 Å².